The molecule has 4 aromatic rings. The number of carbonyl (C=O) groups is 2. The van der Waals surface area contributed by atoms with Gasteiger partial charge in [-0.3, -0.25) is 14.2 Å². The molecule has 2 amide bonds. The second-order valence-electron chi connectivity index (χ2n) is 11.4. The third-order valence-electron chi connectivity index (χ3n) is 8.58. The molecule has 4 bridgehead atoms. The van der Waals surface area contributed by atoms with Crippen molar-refractivity contribution < 1.29 is 14.0 Å². The fraction of sp³-hybridized carbons (Fsp3) is 0.414. The van der Waals surface area contributed by atoms with E-state index in [1.165, 1.54) is 54.5 Å². The lowest BCUT2D eigenvalue weighted by Gasteiger charge is -2.55. The number of aromatic nitrogens is 4. The van der Waals surface area contributed by atoms with Crippen LogP contribution < -0.4 is 10.6 Å². The van der Waals surface area contributed by atoms with Gasteiger partial charge in [0.25, 0.3) is 0 Å². The summed E-state index contributed by atoms with van der Waals surface area (Å²) in [6.45, 7) is 0.212. The molecule has 2 heterocycles. The van der Waals surface area contributed by atoms with Crippen molar-refractivity contribution in [2.75, 3.05) is 11.1 Å². The second-order valence-corrected chi connectivity index (χ2v) is 13.4. The molecule has 0 unspecified atom stereocenters. The number of fused-ring (bicyclic) bond motifs is 1. The van der Waals surface area contributed by atoms with E-state index in [0.29, 0.717) is 39.6 Å². The van der Waals surface area contributed by atoms with Crippen molar-refractivity contribution in [2.24, 2.45) is 23.2 Å². The molecule has 40 heavy (non-hydrogen) atoms. The largest absolute Gasteiger partial charge is 0.348 e. The lowest BCUT2D eigenvalue weighted by atomic mass is 9.49. The first kappa shape index (κ1) is 25.6. The van der Waals surface area contributed by atoms with Crippen LogP contribution in [0, 0.1) is 29.0 Å². The number of para-hydroxylation sites is 1. The Morgan fingerprint density at radius 3 is 2.40 bits per heavy atom. The van der Waals surface area contributed by atoms with Gasteiger partial charge >= 0.3 is 0 Å². The number of amides is 2. The minimum Gasteiger partial charge on any atom is -0.348 e. The van der Waals surface area contributed by atoms with E-state index in [-0.39, 0.29) is 35.3 Å². The van der Waals surface area contributed by atoms with Crippen LogP contribution in [0.25, 0.3) is 15.9 Å². The fourth-order valence-electron chi connectivity index (χ4n) is 7.30. The van der Waals surface area contributed by atoms with Crippen molar-refractivity contribution in [1.29, 1.82) is 0 Å². The first-order chi connectivity index (χ1) is 19.4. The predicted octanol–water partition coefficient (Wildman–Crippen LogP) is 5.58. The number of nitrogens with one attached hydrogen (secondary N) is 2. The Balaban J connectivity index is 1.06. The highest BCUT2D eigenvalue weighted by Gasteiger charge is 2.54. The Kier molecular flexibility index (Phi) is 6.58. The summed E-state index contributed by atoms with van der Waals surface area (Å²) in [5, 5.41) is 15.8. The van der Waals surface area contributed by atoms with Crippen LogP contribution in [0.4, 0.5) is 9.52 Å². The third kappa shape index (κ3) is 4.89. The zero-order valence-corrected chi connectivity index (χ0v) is 23.4. The van der Waals surface area contributed by atoms with Crippen LogP contribution >= 0.6 is 23.1 Å². The Morgan fingerprint density at radius 2 is 1.70 bits per heavy atom. The zero-order valence-electron chi connectivity index (χ0n) is 21.8. The summed E-state index contributed by atoms with van der Waals surface area (Å²) in [7, 11) is 0. The molecule has 0 aliphatic heterocycles. The summed E-state index contributed by atoms with van der Waals surface area (Å²) in [5.74, 6) is 2.22. The monoisotopic (exact) mass is 576 g/mol. The Morgan fingerprint density at radius 1 is 1.00 bits per heavy atom. The van der Waals surface area contributed by atoms with Gasteiger partial charge in [0.1, 0.15) is 5.82 Å². The summed E-state index contributed by atoms with van der Waals surface area (Å²) in [4.78, 5) is 30.8. The molecule has 4 saturated carbocycles. The average molecular weight is 577 g/mol. The van der Waals surface area contributed by atoms with Crippen molar-refractivity contribution >= 4 is 50.3 Å². The molecule has 2 aromatic carbocycles. The molecule has 4 aliphatic carbocycles. The van der Waals surface area contributed by atoms with Crippen LogP contribution in [0.2, 0.25) is 0 Å². The van der Waals surface area contributed by atoms with Crippen LogP contribution in [0.1, 0.15) is 44.3 Å². The third-order valence-corrected chi connectivity index (χ3v) is 10.5. The summed E-state index contributed by atoms with van der Waals surface area (Å²) in [6, 6.07) is 13.8. The van der Waals surface area contributed by atoms with Gasteiger partial charge in [-0.25, -0.2) is 9.37 Å². The zero-order chi connectivity index (χ0) is 27.3. The summed E-state index contributed by atoms with van der Waals surface area (Å²) >= 11 is 2.65. The number of rotatable bonds is 8. The van der Waals surface area contributed by atoms with Crippen molar-refractivity contribution in [1.82, 2.24) is 25.1 Å². The Hall–Kier alpha value is -3.31. The molecule has 0 spiro atoms. The fourth-order valence-corrected chi connectivity index (χ4v) is 8.96. The van der Waals surface area contributed by atoms with Gasteiger partial charge in [-0.1, -0.05) is 35.2 Å². The van der Waals surface area contributed by atoms with Gasteiger partial charge < -0.3 is 10.6 Å². The van der Waals surface area contributed by atoms with Gasteiger partial charge in [0.05, 0.1) is 22.5 Å². The van der Waals surface area contributed by atoms with Crippen LogP contribution in [0.3, 0.4) is 0 Å². The lowest BCUT2D eigenvalue weighted by Crippen LogP contribution is -2.53. The van der Waals surface area contributed by atoms with Crippen molar-refractivity contribution in [2.45, 2.75) is 50.2 Å². The highest BCUT2D eigenvalue weighted by Crippen LogP contribution is 2.60. The number of halogens is 1. The highest BCUT2D eigenvalue weighted by molar-refractivity contribution is 7.99. The molecule has 11 heteroatoms. The number of hydrogen-bond donors (Lipinski definition) is 2. The van der Waals surface area contributed by atoms with E-state index in [0.717, 1.165) is 29.5 Å². The second kappa shape index (κ2) is 10.3. The number of anilines is 1. The topological polar surface area (TPSA) is 102 Å². The summed E-state index contributed by atoms with van der Waals surface area (Å²) < 4.78 is 16.5. The van der Waals surface area contributed by atoms with Crippen molar-refractivity contribution in [3.8, 4) is 5.69 Å². The number of benzene rings is 2. The smallest absolute Gasteiger partial charge is 0.236 e. The molecule has 0 saturated heterocycles. The number of thiazole rings is 1. The van der Waals surface area contributed by atoms with Gasteiger partial charge in [0.2, 0.25) is 11.8 Å². The molecule has 206 valence electrons. The average Bonchev–Trinajstić information content (AvgIpc) is 3.53. The maximum absolute atomic E-state index is 13.7. The van der Waals surface area contributed by atoms with E-state index < -0.39 is 0 Å². The maximum atomic E-state index is 13.7. The molecule has 2 N–H and O–H groups in total. The SMILES string of the molecule is O=C(CSc1nnc(CNC(=O)C23CC4CC(CC(C4)C2)C3)n1-c1ccc(F)cc1)Nc1nc2ccccc2s1. The van der Waals surface area contributed by atoms with E-state index in [9.17, 15) is 14.0 Å². The van der Waals surface area contributed by atoms with Crippen LogP contribution in [-0.4, -0.2) is 37.3 Å². The first-order valence-electron chi connectivity index (χ1n) is 13.7. The molecule has 4 aliphatic rings. The maximum Gasteiger partial charge on any atom is 0.236 e. The highest BCUT2D eigenvalue weighted by atomic mass is 32.2. The number of nitrogens with zero attached hydrogens (tertiary/aromatic N) is 4. The van der Waals surface area contributed by atoms with E-state index in [4.69, 9.17) is 0 Å². The minimum atomic E-state index is -0.349. The van der Waals surface area contributed by atoms with Crippen molar-refractivity contribution in [3.05, 3.63) is 60.2 Å². The molecule has 8 rings (SSSR count). The van der Waals surface area contributed by atoms with Gasteiger partial charge in [-0.2, -0.15) is 0 Å². The first-order valence-corrected chi connectivity index (χ1v) is 15.5. The lowest BCUT2D eigenvalue weighted by molar-refractivity contribution is -0.146. The standard InChI is InChI=1S/C29H29FN6O2S2/c30-20-5-7-21(8-6-20)36-24(15-31-26(38)29-12-17-9-18(13-29)11-19(10-17)14-29)34-35-28(36)39-16-25(37)33-27-32-22-3-1-2-4-23(22)40-27/h1-8,17-19H,9-16H2,(H,31,38)(H,32,33,37). The van der Waals surface area contributed by atoms with E-state index >= 15 is 0 Å². The summed E-state index contributed by atoms with van der Waals surface area (Å²) in [6.07, 6.45) is 6.79. The number of carbonyl (C=O) groups excluding carboxylic acids is 2. The number of hydrogen-bond acceptors (Lipinski definition) is 7. The van der Waals surface area contributed by atoms with Crippen LogP contribution in [0.5, 0.6) is 0 Å². The molecule has 0 radical (unpaired) electrons. The minimum absolute atomic E-state index is 0.0922. The Bertz CT molecular complexity index is 1510. The van der Waals surface area contributed by atoms with E-state index in [1.807, 2.05) is 24.3 Å². The molecule has 0 atom stereocenters. The van der Waals surface area contributed by atoms with Crippen LogP contribution in [0.15, 0.2) is 53.7 Å². The molecule has 4 fully saturated rings. The number of thioether (sulfide) groups is 1. The van der Waals surface area contributed by atoms with Gasteiger partial charge in [-0.15, -0.1) is 10.2 Å². The Labute approximate surface area is 239 Å². The normalized spacial score (nSPS) is 24.9. The quantitative estimate of drug-likeness (QED) is 0.266. The van der Waals surface area contributed by atoms with Gasteiger partial charge in [-0.05, 0) is 92.7 Å². The predicted molar refractivity (Wildman–Crippen MR) is 153 cm³/mol. The van der Waals surface area contributed by atoms with E-state index in [1.54, 1.807) is 16.7 Å². The summed E-state index contributed by atoms with van der Waals surface area (Å²) in [5.41, 5.74) is 1.25. The molecular formula is C29H29FN6O2S2. The van der Waals surface area contributed by atoms with Gasteiger partial charge in [0, 0.05) is 11.1 Å². The molecule has 2 aromatic heterocycles. The molecule has 8 nitrogen and oxygen atoms in total. The molecular weight excluding hydrogens is 547 g/mol. The van der Waals surface area contributed by atoms with Crippen molar-refractivity contribution in [3.63, 3.8) is 0 Å². The van der Waals surface area contributed by atoms with Gasteiger partial charge in [0.15, 0.2) is 16.1 Å². The van der Waals surface area contributed by atoms with Crippen LogP contribution in [-0.2, 0) is 16.1 Å². The van der Waals surface area contributed by atoms with E-state index in [2.05, 4.69) is 25.8 Å².